The minimum Gasteiger partial charge on any atom is -0.493 e. The lowest BCUT2D eigenvalue weighted by molar-refractivity contribution is 0.442. The van der Waals surface area contributed by atoms with Crippen molar-refractivity contribution in [3.63, 3.8) is 0 Å². The molecule has 1 unspecified atom stereocenters. The van der Waals surface area contributed by atoms with Crippen LogP contribution in [0.2, 0.25) is 0 Å². The largest absolute Gasteiger partial charge is 0.493 e. The number of nitrogens with zero attached hydrogens (tertiary/aromatic N) is 2. The van der Waals surface area contributed by atoms with E-state index >= 15 is 0 Å². The van der Waals surface area contributed by atoms with Crippen molar-refractivity contribution in [3.05, 3.63) is 89.6 Å². The molecule has 0 amide bonds. The molecule has 0 aliphatic heterocycles. The predicted octanol–water partition coefficient (Wildman–Crippen LogP) is 3.50. The predicted molar refractivity (Wildman–Crippen MR) is 77.5 cm³/mol. The molecule has 0 aliphatic rings. The molecule has 0 aliphatic carbocycles. The van der Waals surface area contributed by atoms with E-state index in [9.17, 15) is 9.50 Å². The second kappa shape index (κ2) is 5.71. The molecule has 2 aromatic carbocycles. The maximum absolute atomic E-state index is 14.2. The van der Waals surface area contributed by atoms with E-state index in [1.807, 2.05) is 30.3 Å². The van der Waals surface area contributed by atoms with Gasteiger partial charge in [-0.3, -0.25) is 0 Å². The van der Waals surface area contributed by atoms with Gasteiger partial charge in [-0.05, 0) is 17.2 Å². The highest BCUT2D eigenvalue weighted by atomic mass is 19.1. The second-order valence-electron chi connectivity index (χ2n) is 4.67. The first kappa shape index (κ1) is 13.2. The fourth-order valence-corrected chi connectivity index (χ4v) is 2.42. The van der Waals surface area contributed by atoms with E-state index in [0.29, 0.717) is 11.1 Å². The highest BCUT2D eigenvalue weighted by Crippen LogP contribution is 2.36. The topological polar surface area (TPSA) is 46.0 Å². The Bertz CT molecular complexity index is 701. The molecular formula is C17H13FN2O. The Labute approximate surface area is 121 Å². The third kappa shape index (κ3) is 2.60. The van der Waals surface area contributed by atoms with Crippen molar-refractivity contribution >= 4 is 0 Å². The van der Waals surface area contributed by atoms with Gasteiger partial charge in [-0.2, -0.15) is 0 Å². The molecular weight excluding hydrogens is 267 g/mol. The first-order chi connectivity index (χ1) is 10.3. The number of halogens is 1. The van der Waals surface area contributed by atoms with Crippen LogP contribution in [0.3, 0.4) is 0 Å². The Morgan fingerprint density at radius 2 is 1.62 bits per heavy atom. The average Bonchev–Trinajstić information content (AvgIpc) is 2.52. The molecule has 3 rings (SSSR count). The van der Waals surface area contributed by atoms with Gasteiger partial charge < -0.3 is 5.11 Å². The molecule has 21 heavy (non-hydrogen) atoms. The van der Waals surface area contributed by atoms with E-state index in [4.69, 9.17) is 0 Å². The van der Waals surface area contributed by atoms with Crippen molar-refractivity contribution < 1.29 is 9.50 Å². The molecule has 3 aromatic rings. The molecule has 0 radical (unpaired) electrons. The Morgan fingerprint density at radius 3 is 2.33 bits per heavy atom. The molecule has 0 spiro atoms. The molecule has 1 atom stereocenters. The Morgan fingerprint density at radius 1 is 0.905 bits per heavy atom. The second-order valence-corrected chi connectivity index (χ2v) is 4.67. The van der Waals surface area contributed by atoms with Crippen LogP contribution in [-0.4, -0.2) is 15.1 Å². The van der Waals surface area contributed by atoms with Crippen molar-refractivity contribution in [2.24, 2.45) is 0 Å². The van der Waals surface area contributed by atoms with Gasteiger partial charge in [0.05, 0.1) is 0 Å². The summed E-state index contributed by atoms with van der Waals surface area (Å²) in [6.07, 6.45) is 2.79. The van der Waals surface area contributed by atoms with Gasteiger partial charge in [-0.15, -0.1) is 0 Å². The zero-order valence-corrected chi connectivity index (χ0v) is 11.1. The van der Waals surface area contributed by atoms with Gasteiger partial charge in [0, 0.05) is 17.7 Å². The van der Waals surface area contributed by atoms with Gasteiger partial charge in [0.2, 0.25) is 5.88 Å². The van der Waals surface area contributed by atoms with Crippen molar-refractivity contribution in [3.8, 4) is 5.88 Å². The summed E-state index contributed by atoms with van der Waals surface area (Å²) in [6.45, 7) is 0. The summed E-state index contributed by atoms with van der Waals surface area (Å²) in [5, 5.41) is 10.0. The highest BCUT2D eigenvalue weighted by molar-refractivity contribution is 5.45. The van der Waals surface area contributed by atoms with Crippen LogP contribution in [0.15, 0.2) is 67.1 Å². The molecule has 0 saturated carbocycles. The fraction of sp³-hybridized carbons (Fsp3) is 0.0588. The summed E-state index contributed by atoms with van der Waals surface area (Å²) in [6, 6.07) is 16.0. The van der Waals surface area contributed by atoms with E-state index in [1.54, 1.807) is 18.2 Å². The minimum absolute atomic E-state index is 0.137. The number of aromatic nitrogens is 2. The van der Waals surface area contributed by atoms with E-state index in [1.165, 1.54) is 18.6 Å². The zero-order valence-electron chi connectivity index (χ0n) is 11.1. The van der Waals surface area contributed by atoms with Crippen molar-refractivity contribution in [1.82, 2.24) is 9.97 Å². The maximum Gasteiger partial charge on any atom is 0.218 e. The summed E-state index contributed by atoms with van der Waals surface area (Å²) in [5.41, 5.74) is 1.83. The van der Waals surface area contributed by atoms with Crippen LogP contribution in [0, 0.1) is 5.82 Å². The van der Waals surface area contributed by atoms with Crippen LogP contribution in [0.25, 0.3) is 0 Å². The SMILES string of the molecule is Oc1ncncc1C(c1ccccc1)c1ccccc1F. The number of hydrogen-bond donors (Lipinski definition) is 1. The van der Waals surface area contributed by atoms with E-state index in [2.05, 4.69) is 9.97 Å². The molecule has 1 N–H and O–H groups in total. The third-order valence-corrected chi connectivity index (χ3v) is 3.38. The molecule has 104 valence electrons. The van der Waals surface area contributed by atoms with Gasteiger partial charge in [-0.25, -0.2) is 14.4 Å². The van der Waals surface area contributed by atoms with Gasteiger partial charge in [0.15, 0.2) is 0 Å². The quantitative estimate of drug-likeness (QED) is 0.798. The van der Waals surface area contributed by atoms with Crippen LogP contribution in [0.5, 0.6) is 5.88 Å². The van der Waals surface area contributed by atoms with Crippen LogP contribution in [0.4, 0.5) is 4.39 Å². The lowest BCUT2D eigenvalue weighted by Crippen LogP contribution is -2.07. The molecule has 0 saturated heterocycles. The normalized spacial score (nSPS) is 12.0. The van der Waals surface area contributed by atoms with Crippen LogP contribution < -0.4 is 0 Å². The average molecular weight is 280 g/mol. The lowest BCUT2D eigenvalue weighted by atomic mass is 9.86. The molecule has 3 nitrogen and oxygen atoms in total. The lowest BCUT2D eigenvalue weighted by Gasteiger charge is -2.19. The fourth-order valence-electron chi connectivity index (χ4n) is 2.42. The molecule has 0 bridgehead atoms. The van der Waals surface area contributed by atoms with Crippen molar-refractivity contribution in [1.29, 1.82) is 0 Å². The number of aromatic hydroxyl groups is 1. The molecule has 1 aromatic heterocycles. The highest BCUT2D eigenvalue weighted by Gasteiger charge is 2.23. The summed E-state index contributed by atoms with van der Waals surface area (Å²) in [5.74, 6) is -0.912. The zero-order chi connectivity index (χ0) is 14.7. The number of rotatable bonds is 3. The van der Waals surface area contributed by atoms with Crippen LogP contribution >= 0.6 is 0 Å². The van der Waals surface area contributed by atoms with Gasteiger partial charge in [-0.1, -0.05) is 48.5 Å². The third-order valence-electron chi connectivity index (χ3n) is 3.38. The Hall–Kier alpha value is -2.75. The Balaban J connectivity index is 2.22. The number of benzene rings is 2. The minimum atomic E-state index is -0.450. The van der Waals surface area contributed by atoms with Gasteiger partial charge in [0.25, 0.3) is 0 Å². The summed E-state index contributed by atoms with van der Waals surface area (Å²) in [7, 11) is 0. The van der Waals surface area contributed by atoms with E-state index in [-0.39, 0.29) is 11.7 Å². The van der Waals surface area contributed by atoms with E-state index in [0.717, 1.165) is 5.56 Å². The maximum atomic E-state index is 14.2. The first-order valence-electron chi connectivity index (χ1n) is 6.55. The standard InChI is InChI=1S/C17H13FN2O/c18-15-9-5-4-8-13(15)16(12-6-2-1-3-7-12)14-10-19-11-20-17(14)21/h1-11,16H,(H,19,20,21). The Kier molecular flexibility index (Phi) is 3.60. The summed E-state index contributed by atoms with van der Waals surface area (Å²) >= 11 is 0. The van der Waals surface area contributed by atoms with Crippen LogP contribution in [-0.2, 0) is 0 Å². The van der Waals surface area contributed by atoms with Crippen molar-refractivity contribution in [2.45, 2.75) is 5.92 Å². The number of hydrogen-bond acceptors (Lipinski definition) is 3. The molecule has 4 heteroatoms. The summed E-state index contributed by atoms with van der Waals surface area (Å²) in [4.78, 5) is 7.76. The van der Waals surface area contributed by atoms with Gasteiger partial charge >= 0.3 is 0 Å². The molecule has 1 heterocycles. The monoisotopic (exact) mass is 280 g/mol. The molecule has 0 fully saturated rings. The first-order valence-corrected chi connectivity index (χ1v) is 6.55. The summed E-state index contributed by atoms with van der Waals surface area (Å²) < 4.78 is 14.2. The van der Waals surface area contributed by atoms with Crippen molar-refractivity contribution in [2.75, 3.05) is 0 Å². The van der Waals surface area contributed by atoms with Gasteiger partial charge in [0.1, 0.15) is 12.1 Å². The van der Waals surface area contributed by atoms with E-state index < -0.39 is 5.92 Å². The van der Waals surface area contributed by atoms with Crippen LogP contribution in [0.1, 0.15) is 22.6 Å². The smallest absolute Gasteiger partial charge is 0.218 e.